The van der Waals surface area contributed by atoms with E-state index in [1.807, 2.05) is 54.6 Å². The molecule has 0 saturated carbocycles. The fraction of sp³-hybridized carbons (Fsp3) is 0.143. The monoisotopic (exact) mass is 394 g/mol. The van der Waals surface area contributed by atoms with Gasteiger partial charge in [0.1, 0.15) is 5.75 Å². The molecule has 0 spiro atoms. The molecule has 1 aliphatic heterocycles. The van der Waals surface area contributed by atoms with Gasteiger partial charge in [-0.25, -0.2) is 10.0 Å². The van der Waals surface area contributed by atoms with Crippen LogP contribution in [0, 0.1) is 0 Å². The highest BCUT2D eigenvalue weighted by Crippen LogP contribution is 2.34. The number of anilines is 3. The van der Waals surface area contributed by atoms with Crippen LogP contribution in [0.15, 0.2) is 54.7 Å². The van der Waals surface area contributed by atoms with Crippen molar-refractivity contribution in [3.05, 3.63) is 70.9 Å². The van der Waals surface area contributed by atoms with Crippen molar-refractivity contribution >= 4 is 40.7 Å². The molecule has 6 nitrogen and oxygen atoms in total. The van der Waals surface area contributed by atoms with Gasteiger partial charge in [-0.1, -0.05) is 35.9 Å². The SMILES string of the molecule is COc1cccc(Nc2ncc3c(n2)N(OC)CC(c2ccccc2Cl)=C3)c1. The van der Waals surface area contributed by atoms with Crippen LogP contribution in [0.25, 0.3) is 11.6 Å². The number of halogens is 1. The van der Waals surface area contributed by atoms with Crippen LogP contribution in [0.2, 0.25) is 5.02 Å². The fourth-order valence-corrected chi connectivity index (χ4v) is 3.33. The Morgan fingerprint density at radius 1 is 1.11 bits per heavy atom. The van der Waals surface area contributed by atoms with Crippen molar-refractivity contribution in [3.8, 4) is 5.75 Å². The molecule has 0 aliphatic carbocycles. The molecule has 2 heterocycles. The van der Waals surface area contributed by atoms with Crippen LogP contribution in [0.1, 0.15) is 11.1 Å². The van der Waals surface area contributed by atoms with Crippen LogP contribution < -0.4 is 15.1 Å². The molecular weight excluding hydrogens is 376 g/mol. The van der Waals surface area contributed by atoms with E-state index in [9.17, 15) is 0 Å². The summed E-state index contributed by atoms with van der Waals surface area (Å²) in [4.78, 5) is 14.6. The Balaban J connectivity index is 1.67. The number of hydroxylamine groups is 1. The van der Waals surface area contributed by atoms with Crippen molar-refractivity contribution in [3.63, 3.8) is 0 Å². The first-order chi connectivity index (χ1) is 13.7. The molecule has 0 atom stereocenters. The lowest BCUT2D eigenvalue weighted by atomic mass is 10.0. The third kappa shape index (κ3) is 3.65. The maximum Gasteiger partial charge on any atom is 0.229 e. The maximum absolute atomic E-state index is 6.36. The second-order valence-electron chi connectivity index (χ2n) is 6.20. The second kappa shape index (κ2) is 7.88. The van der Waals surface area contributed by atoms with Gasteiger partial charge in [0, 0.05) is 28.5 Å². The van der Waals surface area contributed by atoms with Gasteiger partial charge in [0.25, 0.3) is 0 Å². The van der Waals surface area contributed by atoms with Crippen LogP contribution in [0.3, 0.4) is 0 Å². The van der Waals surface area contributed by atoms with E-state index in [4.69, 9.17) is 21.2 Å². The van der Waals surface area contributed by atoms with Gasteiger partial charge in [-0.05, 0) is 35.4 Å². The number of ether oxygens (including phenoxy) is 1. The Bertz CT molecular complexity index is 1040. The minimum atomic E-state index is 0.476. The first kappa shape index (κ1) is 18.3. The number of hydrogen-bond donors (Lipinski definition) is 1. The molecule has 0 amide bonds. The first-order valence-corrected chi connectivity index (χ1v) is 9.11. The van der Waals surface area contributed by atoms with Crippen molar-refractivity contribution in [2.75, 3.05) is 31.1 Å². The minimum absolute atomic E-state index is 0.476. The van der Waals surface area contributed by atoms with Crippen molar-refractivity contribution in [1.82, 2.24) is 9.97 Å². The molecule has 3 aromatic rings. The normalized spacial score (nSPS) is 13.0. The molecule has 142 valence electrons. The zero-order chi connectivity index (χ0) is 19.5. The number of aromatic nitrogens is 2. The Morgan fingerprint density at radius 3 is 2.75 bits per heavy atom. The van der Waals surface area contributed by atoms with E-state index in [2.05, 4.69) is 15.3 Å². The summed E-state index contributed by atoms with van der Waals surface area (Å²) in [6, 6.07) is 15.3. The van der Waals surface area contributed by atoms with E-state index in [-0.39, 0.29) is 0 Å². The summed E-state index contributed by atoms with van der Waals surface area (Å²) in [5.74, 6) is 1.93. The Hall–Kier alpha value is -3.09. The number of nitrogens with zero attached hydrogens (tertiary/aromatic N) is 3. The number of fused-ring (bicyclic) bond motifs is 1. The smallest absolute Gasteiger partial charge is 0.229 e. The molecule has 28 heavy (non-hydrogen) atoms. The van der Waals surface area contributed by atoms with E-state index in [0.717, 1.165) is 28.1 Å². The largest absolute Gasteiger partial charge is 0.497 e. The summed E-state index contributed by atoms with van der Waals surface area (Å²) in [5.41, 5.74) is 3.71. The molecule has 0 fully saturated rings. The third-order valence-corrected chi connectivity index (χ3v) is 4.77. The lowest BCUT2D eigenvalue weighted by molar-refractivity contribution is 0.173. The fourth-order valence-electron chi connectivity index (χ4n) is 3.07. The molecule has 0 saturated heterocycles. The van der Waals surface area contributed by atoms with Gasteiger partial charge in [-0.15, -0.1) is 0 Å². The quantitative estimate of drug-likeness (QED) is 0.670. The summed E-state index contributed by atoms with van der Waals surface area (Å²) >= 11 is 6.36. The zero-order valence-corrected chi connectivity index (χ0v) is 16.3. The molecule has 1 aromatic heterocycles. The van der Waals surface area contributed by atoms with Gasteiger partial charge >= 0.3 is 0 Å². The van der Waals surface area contributed by atoms with Crippen LogP contribution in [0.5, 0.6) is 5.75 Å². The Labute approximate surface area is 168 Å². The van der Waals surface area contributed by atoms with Crippen molar-refractivity contribution in [2.45, 2.75) is 0 Å². The molecule has 0 unspecified atom stereocenters. The second-order valence-corrected chi connectivity index (χ2v) is 6.61. The molecule has 0 bridgehead atoms. The van der Waals surface area contributed by atoms with Gasteiger partial charge < -0.3 is 10.1 Å². The summed E-state index contributed by atoms with van der Waals surface area (Å²) in [5, 5.41) is 5.63. The van der Waals surface area contributed by atoms with E-state index in [1.165, 1.54) is 0 Å². The number of methoxy groups -OCH3 is 1. The van der Waals surface area contributed by atoms with Gasteiger partial charge in [-0.2, -0.15) is 4.98 Å². The van der Waals surface area contributed by atoms with Crippen LogP contribution in [-0.2, 0) is 4.84 Å². The predicted octanol–water partition coefficient (Wildman–Crippen LogP) is 4.80. The molecule has 2 aromatic carbocycles. The molecule has 4 rings (SSSR count). The Kier molecular flexibility index (Phi) is 5.14. The number of rotatable bonds is 5. The van der Waals surface area contributed by atoms with Crippen LogP contribution in [-0.4, -0.2) is 30.7 Å². The standard InChI is InChI=1S/C21H19ClN4O2/c1-27-17-7-5-6-16(11-17)24-21-23-12-14-10-15(13-26(28-2)20(14)25-21)18-8-3-4-9-19(18)22/h3-12H,13H2,1-2H3,(H,23,24,25). The Morgan fingerprint density at radius 2 is 1.96 bits per heavy atom. The molecule has 0 radical (unpaired) electrons. The van der Waals surface area contributed by atoms with E-state index in [1.54, 1.807) is 25.5 Å². The molecule has 1 aliphatic rings. The highest BCUT2D eigenvalue weighted by Gasteiger charge is 2.22. The van der Waals surface area contributed by atoms with Crippen molar-refractivity contribution in [1.29, 1.82) is 0 Å². The van der Waals surface area contributed by atoms with Gasteiger partial charge in [0.15, 0.2) is 5.82 Å². The first-order valence-electron chi connectivity index (χ1n) is 8.73. The van der Waals surface area contributed by atoms with Crippen LogP contribution >= 0.6 is 11.6 Å². The van der Waals surface area contributed by atoms with Gasteiger partial charge in [0.05, 0.1) is 20.8 Å². The van der Waals surface area contributed by atoms with E-state index in [0.29, 0.717) is 23.3 Å². The van der Waals surface area contributed by atoms with Gasteiger partial charge in [-0.3, -0.25) is 4.84 Å². The predicted molar refractivity (Wildman–Crippen MR) is 112 cm³/mol. The van der Waals surface area contributed by atoms with Crippen molar-refractivity contribution in [2.24, 2.45) is 0 Å². The van der Waals surface area contributed by atoms with Crippen molar-refractivity contribution < 1.29 is 9.57 Å². The highest BCUT2D eigenvalue weighted by molar-refractivity contribution is 6.32. The van der Waals surface area contributed by atoms with E-state index < -0.39 is 0 Å². The van der Waals surface area contributed by atoms with Gasteiger partial charge in [0.2, 0.25) is 5.95 Å². The maximum atomic E-state index is 6.36. The number of hydrogen-bond acceptors (Lipinski definition) is 6. The summed E-state index contributed by atoms with van der Waals surface area (Å²) < 4.78 is 5.25. The topological polar surface area (TPSA) is 59.5 Å². The summed E-state index contributed by atoms with van der Waals surface area (Å²) in [6.07, 6.45) is 3.81. The van der Waals surface area contributed by atoms with Crippen LogP contribution in [0.4, 0.5) is 17.5 Å². The highest BCUT2D eigenvalue weighted by atomic mass is 35.5. The number of benzene rings is 2. The zero-order valence-electron chi connectivity index (χ0n) is 15.5. The molecule has 7 heteroatoms. The lowest BCUT2D eigenvalue weighted by Crippen LogP contribution is -2.28. The molecule has 1 N–H and O–H groups in total. The number of nitrogens with one attached hydrogen (secondary N) is 1. The average Bonchev–Trinajstić information content (AvgIpc) is 2.73. The molecular formula is C21H19ClN4O2. The van der Waals surface area contributed by atoms with E-state index >= 15 is 0 Å². The average molecular weight is 395 g/mol. The summed E-state index contributed by atoms with van der Waals surface area (Å²) in [6.45, 7) is 0.531. The summed E-state index contributed by atoms with van der Waals surface area (Å²) in [7, 11) is 3.25. The third-order valence-electron chi connectivity index (χ3n) is 4.44. The lowest BCUT2D eigenvalue weighted by Gasteiger charge is -2.28. The minimum Gasteiger partial charge on any atom is -0.497 e.